The van der Waals surface area contributed by atoms with Gasteiger partial charge in [0.15, 0.2) is 0 Å². The van der Waals surface area contributed by atoms with E-state index in [-0.39, 0.29) is 6.42 Å². The van der Waals surface area contributed by atoms with Crippen LogP contribution in [0.1, 0.15) is 32.6 Å². The smallest absolute Gasteiger partial charge is 0.304 e. The van der Waals surface area contributed by atoms with Crippen molar-refractivity contribution in [1.29, 1.82) is 0 Å². The largest absolute Gasteiger partial charge is 0.481 e. The maximum Gasteiger partial charge on any atom is 0.304 e. The van der Waals surface area contributed by atoms with Gasteiger partial charge in [0, 0.05) is 13.1 Å². The summed E-state index contributed by atoms with van der Waals surface area (Å²) in [7, 11) is 0. The number of nitrogens with zero attached hydrogens (tertiary/aromatic N) is 1. The van der Waals surface area contributed by atoms with E-state index in [0.717, 1.165) is 32.0 Å². The molecule has 1 N–H and O–H groups in total. The van der Waals surface area contributed by atoms with E-state index in [1.54, 1.807) is 0 Å². The first-order valence-corrected chi connectivity index (χ1v) is 5.16. The van der Waals surface area contributed by atoms with E-state index < -0.39 is 5.97 Å². The molecular weight excluding hydrogens is 166 g/mol. The molecule has 0 atom stereocenters. The van der Waals surface area contributed by atoms with Crippen molar-refractivity contribution in [3.05, 3.63) is 0 Å². The summed E-state index contributed by atoms with van der Waals surface area (Å²) in [6.07, 6.45) is 4.08. The summed E-state index contributed by atoms with van der Waals surface area (Å²) in [5.74, 6) is 0.178. The molecular formula is C10H19NO2. The first-order chi connectivity index (χ1) is 6.22. The summed E-state index contributed by atoms with van der Waals surface area (Å²) in [6, 6.07) is 0. The molecule has 1 aliphatic carbocycles. The van der Waals surface area contributed by atoms with E-state index in [9.17, 15) is 4.79 Å². The molecule has 1 rings (SSSR count). The Hall–Kier alpha value is -0.570. The van der Waals surface area contributed by atoms with Crippen LogP contribution in [0.3, 0.4) is 0 Å². The summed E-state index contributed by atoms with van der Waals surface area (Å²) in [4.78, 5) is 12.7. The molecule has 0 heterocycles. The van der Waals surface area contributed by atoms with Crippen LogP contribution in [0.15, 0.2) is 0 Å². The highest BCUT2D eigenvalue weighted by Gasteiger charge is 2.23. The maximum atomic E-state index is 10.4. The van der Waals surface area contributed by atoms with Gasteiger partial charge in [-0.25, -0.2) is 0 Å². The topological polar surface area (TPSA) is 40.5 Å². The van der Waals surface area contributed by atoms with Crippen molar-refractivity contribution in [1.82, 2.24) is 4.90 Å². The Labute approximate surface area is 79.7 Å². The predicted molar refractivity (Wildman–Crippen MR) is 51.7 cm³/mol. The quantitative estimate of drug-likeness (QED) is 0.654. The highest BCUT2D eigenvalue weighted by molar-refractivity contribution is 5.66. The molecule has 1 aliphatic rings. The Morgan fingerprint density at radius 1 is 1.46 bits per heavy atom. The zero-order chi connectivity index (χ0) is 9.68. The van der Waals surface area contributed by atoms with Gasteiger partial charge < -0.3 is 10.0 Å². The van der Waals surface area contributed by atoms with Gasteiger partial charge in [-0.1, -0.05) is 6.92 Å². The number of carboxylic acid groups (broad SMARTS) is 1. The first kappa shape index (κ1) is 10.5. The predicted octanol–water partition coefficient (Wildman–Crippen LogP) is 1.58. The molecule has 1 saturated carbocycles. The fourth-order valence-corrected chi connectivity index (χ4v) is 1.53. The molecule has 1 fully saturated rings. The Kier molecular flexibility index (Phi) is 4.22. The second-order valence-electron chi connectivity index (χ2n) is 3.89. The maximum absolute atomic E-state index is 10.4. The average Bonchev–Trinajstić information content (AvgIpc) is 2.84. The molecule has 0 aromatic rings. The molecule has 0 spiro atoms. The van der Waals surface area contributed by atoms with Crippen LogP contribution in [0.2, 0.25) is 0 Å². The van der Waals surface area contributed by atoms with Crippen molar-refractivity contribution in [3.63, 3.8) is 0 Å². The number of aliphatic carboxylic acids is 1. The Morgan fingerprint density at radius 3 is 2.62 bits per heavy atom. The van der Waals surface area contributed by atoms with Crippen LogP contribution in [0, 0.1) is 5.92 Å². The van der Waals surface area contributed by atoms with Gasteiger partial charge in [-0.2, -0.15) is 0 Å². The van der Waals surface area contributed by atoms with Gasteiger partial charge in [-0.05, 0) is 31.7 Å². The zero-order valence-corrected chi connectivity index (χ0v) is 8.33. The lowest BCUT2D eigenvalue weighted by molar-refractivity contribution is -0.137. The lowest BCUT2D eigenvalue weighted by atomic mass is 10.3. The molecule has 0 unspecified atom stereocenters. The van der Waals surface area contributed by atoms with Crippen LogP contribution in [0.4, 0.5) is 0 Å². The van der Waals surface area contributed by atoms with Gasteiger partial charge in [-0.15, -0.1) is 0 Å². The minimum atomic E-state index is -0.683. The number of rotatable bonds is 7. The minimum Gasteiger partial charge on any atom is -0.481 e. The summed E-state index contributed by atoms with van der Waals surface area (Å²) < 4.78 is 0. The van der Waals surface area contributed by atoms with Gasteiger partial charge in [0.1, 0.15) is 0 Å². The van der Waals surface area contributed by atoms with Gasteiger partial charge >= 0.3 is 5.97 Å². The molecule has 3 nitrogen and oxygen atoms in total. The van der Waals surface area contributed by atoms with Crippen LogP contribution in [0.5, 0.6) is 0 Å². The Morgan fingerprint density at radius 2 is 2.15 bits per heavy atom. The van der Waals surface area contributed by atoms with E-state index in [1.165, 1.54) is 12.8 Å². The summed E-state index contributed by atoms with van der Waals surface area (Å²) in [5, 5.41) is 8.55. The van der Waals surface area contributed by atoms with Crippen molar-refractivity contribution in [2.45, 2.75) is 32.6 Å². The van der Waals surface area contributed by atoms with Gasteiger partial charge in [0.25, 0.3) is 0 Å². The van der Waals surface area contributed by atoms with Gasteiger partial charge in [0.2, 0.25) is 0 Å². The molecule has 0 bridgehead atoms. The minimum absolute atomic E-state index is 0.284. The lowest BCUT2D eigenvalue weighted by Crippen LogP contribution is -2.29. The standard InChI is InChI=1S/C10H19NO2/c1-2-6-11(7-5-10(12)13)8-9-3-4-9/h9H,2-8H2,1H3,(H,12,13). The zero-order valence-electron chi connectivity index (χ0n) is 8.33. The highest BCUT2D eigenvalue weighted by atomic mass is 16.4. The molecule has 0 aromatic carbocycles. The summed E-state index contributed by atoms with van der Waals surface area (Å²) >= 11 is 0. The van der Waals surface area contributed by atoms with Crippen molar-refractivity contribution < 1.29 is 9.90 Å². The third-order valence-electron chi connectivity index (χ3n) is 2.40. The molecule has 0 saturated heterocycles. The van der Waals surface area contributed by atoms with Crippen molar-refractivity contribution in [3.8, 4) is 0 Å². The fraction of sp³-hybridized carbons (Fsp3) is 0.900. The first-order valence-electron chi connectivity index (χ1n) is 5.16. The number of hydrogen-bond acceptors (Lipinski definition) is 2. The van der Waals surface area contributed by atoms with Gasteiger partial charge in [-0.3, -0.25) is 4.79 Å². The molecule has 13 heavy (non-hydrogen) atoms. The van der Waals surface area contributed by atoms with Crippen LogP contribution in [-0.4, -0.2) is 35.6 Å². The van der Waals surface area contributed by atoms with E-state index in [0.29, 0.717) is 0 Å². The van der Waals surface area contributed by atoms with Crippen LogP contribution in [0.25, 0.3) is 0 Å². The van der Waals surface area contributed by atoms with Crippen LogP contribution >= 0.6 is 0 Å². The molecule has 0 radical (unpaired) electrons. The molecule has 3 heteroatoms. The third-order valence-corrected chi connectivity index (χ3v) is 2.40. The SMILES string of the molecule is CCCN(CCC(=O)O)CC1CC1. The Balaban J connectivity index is 2.15. The van der Waals surface area contributed by atoms with Crippen molar-refractivity contribution in [2.24, 2.45) is 5.92 Å². The van der Waals surface area contributed by atoms with Gasteiger partial charge in [0.05, 0.1) is 6.42 Å². The summed E-state index contributed by atoms with van der Waals surface area (Å²) in [6.45, 7) is 5.02. The second kappa shape index (κ2) is 5.22. The molecule has 0 aromatic heterocycles. The van der Waals surface area contributed by atoms with Crippen LogP contribution < -0.4 is 0 Å². The molecule has 0 aliphatic heterocycles. The monoisotopic (exact) mass is 185 g/mol. The Bertz CT molecular complexity index is 166. The van der Waals surface area contributed by atoms with E-state index in [2.05, 4.69) is 11.8 Å². The molecule has 76 valence electrons. The normalized spacial score (nSPS) is 16.5. The van der Waals surface area contributed by atoms with E-state index in [1.807, 2.05) is 0 Å². The molecule has 0 amide bonds. The van der Waals surface area contributed by atoms with E-state index in [4.69, 9.17) is 5.11 Å². The highest BCUT2D eigenvalue weighted by Crippen LogP contribution is 2.29. The summed E-state index contributed by atoms with van der Waals surface area (Å²) in [5.41, 5.74) is 0. The van der Waals surface area contributed by atoms with Crippen molar-refractivity contribution in [2.75, 3.05) is 19.6 Å². The number of carbonyl (C=O) groups is 1. The van der Waals surface area contributed by atoms with E-state index >= 15 is 0 Å². The second-order valence-corrected chi connectivity index (χ2v) is 3.89. The van der Waals surface area contributed by atoms with Crippen molar-refractivity contribution >= 4 is 5.97 Å². The fourth-order valence-electron chi connectivity index (χ4n) is 1.53. The van der Waals surface area contributed by atoms with Crippen LogP contribution in [-0.2, 0) is 4.79 Å². The lowest BCUT2D eigenvalue weighted by Gasteiger charge is -2.20. The number of hydrogen-bond donors (Lipinski definition) is 1. The number of carboxylic acids is 1. The average molecular weight is 185 g/mol. The third kappa shape index (κ3) is 4.88.